The van der Waals surface area contributed by atoms with E-state index in [1.54, 1.807) is 6.07 Å². The lowest BCUT2D eigenvalue weighted by atomic mass is 10.0. The monoisotopic (exact) mass is 477 g/mol. The molecule has 9 heteroatoms. The van der Waals surface area contributed by atoms with Crippen LogP contribution < -0.4 is 0 Å². The molecule has 34 heavy (non-hydrogen) atoms. The van der Waals surface area contributed by atoms with Crippen LogP contribution in [0.1, 0.15) is 22.3 Å². The van der Waals surface area contributed by atoms with Gasteiger partial charge in [-0.2, -0.15) is 0 Å². The highest BCUT2D eigenvalue weighted by Crippen LogP contribution is 2.33. The van der Waals surface area contributed by atoms with Crippen LogP contribution in [0.4, 0.5) is 0 Å². The maximum Gasteiger partial charge on any atom is 0.425 e. The van der Waals surface area contributed by atoms with Gasteiger partial charge in [-0.05, 0) is 51.0 Å². The average molecular weight is 478 g/mol. The Bertz CT molecular complexity index is 1310. The van der Waals surface area contributed by atoms with Crippen molar-refractivity contribution in [3.63, 3.8) is 0 Å². The second-order valence-electron chi connectivity index (χ2n) is 7.85. The smallest absolute Gasteiger partial charge is 0.425 e. The van der Waals surface area contributed by atoms with Crippen molar-refractivity contribution < 1.29 is 22.8 Å². The lowest BCUT2D eigenvalue weighted by molar-refractivity contribution is 0.451. The zero-order valence-electron chi connectivity index (χ0n) is 19.1. The summed E-state index contributed by atoms with van der Waals surface area (Å²) in [6.45, 7) is 8.15. The first-order valence-corrected chi connectivity index (χ1v) is 11.3. The minimum Gasteiger partial charge on any atom is -0.508 e. The normalized spacial score (nSPS) is 10.4. The van der Waals surface area contributed by atoms with E-state index in [4.69, 9.17) is 17.6 Å². The highest BCUT2D eigenvalue weighted by molar-refractivity contribution is 7.59. The van der Waals surface area contributed by atoms with Gasteiger partial charge in [0.2, 0.25) is 0 Å². The Hall–Kier alpha value is -4.11. The molecule has 0 saturated heterocycles. The number of rotatable bonds is 3. The Balaban J connectivity index is 0.000000751. The lowest BCUT2D eigenvalue weighted by Gasteiger charge is -2.12. The number of aromatic nitrogens is 3. The van der Waals surface area contributed by atoms with Crippen LogP contribution in [0.15, 0.2) is 54.6 Å². The Labute approximate surface area is 198 Å². The van der Waals surface area contributed by atoms with E-state index < -0.39 is 10.6 Å². The minimum atomic E-state index is -3.11. The summed E-state index contributed by atoms with van der Waals surface area (Å²) in [6, 6.07) is 16.7. The molecule has 1 aromatic heterocycles. The molecule has 0 atom stereocenters. The molecule has 1 heterocycles. The van der Waals surface area contributed by atoms with Gasteiger partial charge in [0, 0.05) is 17.2 Å². The average Bonchev–Trinajstić information content (AvgIpc) is 2.73. The van der Waals surface area contributed by atoms with Crippen molar-refractivity contribution in [1.29, 1.82) is 0 Å². The van der Waals surface area contributed by atoms with Crippen LogP contribution >= 0.6 is 0 Å². The molecule has 0 aliphatic carbocycles. The third-order valence-electron chi connectivity index (χ3n) is 5.10. The molecule has 0 fully saturated rings. The molecule has 0 spiro atoms. The van der Waals surface area contributed by atoms with Crippen LogP contribution in [0.2, 0.25) is 0 Å². The number of aryl methyl sites for hydroxylation is 4. The first-order valence-electron chi connectivity index (χ1n) is 10.3. The topological polar surface area (TPSA) is 130 Å². The van der Waals surface area contributed by atoms with E-state index in [1.165, 1.54) is 12.1 Å². The highest BCUT2D eigenvalue weighted by Gasteiger charge is 2.17. The van der Waals surface area contributed by atoms with Gasteiger partial charge in [-0.15, -0.1) is 12.6 Å². The van der Waals surface area contributed by atoms with Crippen LogP contribution in [0, 0.1) is 27.7 Å². The molecular weight excluding hydrogens is 454 g/mol. The van der Waals surface area contributed by atoms with E-state index in [9.17, 15) is 10.2 Å². The first kappa shape index (κ1) is 24.5. The van der Waals surface area contributed by atoms with E-state index in [0.717, 1.165) is 33.4 Å². The zero-order valence-corrected chi connectivity index (χ0v) is 19.9. The number of aromatic hydroxyl groups is 2. The largest absolute Gasteiger partial charge is 0.508 e. The van der Waals surface area contributed by atoms with Crippen LogP contribution in [0.3, 0.4) is 0 Å². The van der Waals surface area contributed by atoms with Crippen LogP contribution in [-0.2, 0) is 10.6 Å². The summed E-state index contributed by atoms with van der Waals surface area (Å²) in [5, 5.41) is 20.1. The third kappa shape index (κ3) is 5.81. The maximum atomic E-state index is 10.4. The Morgan fingerprint density at radius 3 is 1.35 bits per heavy atom. The van der Waals surface area contributed by atoms with E-state index in [-0.39, 0.29) is 11.5 Å². The van der Waals surface area contributed by atoms with E-state index in [1.807, 2.05) is 52.0 Å². The number of phenols is 2. The highest BCUT2D eigenvalue weighted by atomic mass is 32.2. The SMILES string of the molecule is Cc1ccc(-c2nc(-c3ccc(C)cc3C)nc(-c3ccc(O)cc3O)n2)c(C)c1.O=S(=O)=O. The standard InChI is InChI=1S/C25H23N3O2.O3S/c1-14-5-8-19(16(3)11-14)23-26-24(20-9-6-15(2)12-17(20)4)28-25(27-23)21-10-7-18(29)13-22(21)30;1-4(2)3/h5-13,29-30H,1-4H3;. The van der Waals surface area contributed by atoms with Gasteiger partial charge in [0.25, 0.3) is 0 Å². The number of benzene rings is 3. The van der Waals surface area contributed by atoms with Crippen molar-refractivity contribution in [3.8, 4) is 45.7 Å². The van der Waals surface area contributed by atoms with Gasteiger partial charge >= 0.3 is 10.6 Å². The summed E-state index contributed by atoms with van der Waals surface area (Å²) in [4.78, 5) is 14.1. The van der Waals surface area contributed by atoms with Crippen molar-refractivity contribution in [2.45, 2.75) is 27.7 Å². The molecule has 0 amide bonds. The van der Waals surface area contributed by atoms with Crippen LogP contribution in [0.25, 0.3) is 34.2 Å². The summed E-state index contributed by atoms with van der Waals surface area (Å²) in [6.07, 6.45) is 0. The number of phenolic OH excluding ortho intramolecular Hbond substituents is 2. The summed E-state index contributed by atoms with van der Waals surface area (Å²) >= 11 is 0. The predicted octanol–water partition coefficient (Wildman–Crippen LogP) is 4.51. The molecule has 8 nitrogen and oxygen atoms in total. The van der Waals surface area contributed by atoms with Crippen molar-refractivity contribution >= 4 is 10.6 Å². The van der Waals surface area contributed by atoms with Gasteiger partial charge in [-0.1, -0.05) is 47.5 Å². The molecule has 2 N–H and O–H groups in total. The number of nitrogens with zero attached hydrogens (tertiary/aromatic N) is 3. The molecule has 0 aliphatic rings. The van der Waals surface area contributed by atoms with E-state index in [2.05, 4.69) is 22.1 Å². The summed E-state index contributed by atoms with van der Waals surface area (Å²) < 4.78 is 25.3. The molecule has 3 aromatic carbocycles. The molecular formula is C25H23N3O5S. The van der Waals surface area contributed by atoms with Gasteiger partial charge in [0.15, 0.2) is 17.5 Å². The van der Waals surface area contributed by atoms with Gasteiger partial charge in [-0.25, -0.2) is 15.0 Å². The molecule has 0 saturated carbocycles. The second kappa shape index (κ2) is 10.2. The van der Waals surface area contributed by atoms with Crippen molar-refractivity contribution in [1.82, 2.24) is 15.0 Å². The fourth-order valence-corrected chi connectivity index (χ4v) is 3.58. The molecule has 174 valence electrons. The van der Waals surface area contributed by atoms with Crippen molar-refractivity contribution in [2.24, 2.45) is 0 Å². The summed E-state index contributed by atoms with van der Waals surface area (Å²) in [5.74, 6) is 1.33. The molecule has 0 aliphatic heterocycles. The zero-order chi connectivity index (χ0) is 25.0. The van der Waals surface area contributed by atoms with Gasteiger partial charge in [0.05, 0.1) is 5.56 Å². The fraction of sp³-hybridized carbons (Fsp3) is 0.160. The fourth-order valence-electron chi connectivity index (χ4n) is 3.58. The predicted molar refractivity (Wildman–Crippen MR) is 128 cm³/mol. The first-order chi connectivity index (χ1) is 16.0. The van der Waals surface area contributed by atoms with E-state index >= 15 is 0 Å². The maximum absolute atomic E-state index is 10.4. The van der Waals surface area contributed by atoms with Crippen LogP contribution in [-0.4, -0.2) is 37.8 Å². The molecule has 4 rings (SSSR count). The van der Waals surface area contributed by atoms with Crippen molar-refractivity contribution in [3.05, 3.63) is 76.9 Å². The van der Waals surface area contributed by atoms with Gasteiger partial charge in [0.1, 0.15) is 11.5 Å². The lowest BCUT2D eigenvalue weighted by Crippen LogP contribution is -2.02. The summed E-state index contributed by atoms with van der Waals surface area (Å²) in [7, 11) is -3.11. The Morgan fingerprint density at radius 1 is 0.588 bits per heavy atom. The Kier molecular flexibility index (Phi) is 7.37. The quantitative estimate of drug-likeness (QED) is 0.441. The van der Waals surface area contributed by atoms with E-state index in [0.29, 0.717) is 23.0 Å². The molecule has 4 aromatic rings. The number of hydrogen-bond donors (Lipinski definition) is 2. The van der Waals surface area contributed by atoms with Gasteiger partial charge < -0.3 is 10.2 Å². The molecule has 0 radical (unpaired) electrons. The molecule has 0 bridgehead atoms. The van der Waals surface area contributed by atoms with Gasteiger partial charge in [-0.3, -0.25) is 0 Å². The second-order valence-corrected chi connectivity index (χ2v) is 8.26. The minimum absolute atomic E-state index is 0.0190. The third-order valence-corrected chi connectivity index (χ3v) is 5.10. The molecule has 0 unspecified atom stereocenters. The van der Waals surface area contributed by atoms with Crippen LogP contribution in [0.5, 0.6) is 11.5 Å². The Morgan fingerprint density at radius 2 is 0.971 bits per heavy atom. The number of hydrogen-bond acceptors (Lipinski definition) is 8. The summed E-state index contributed by atoms with van der Waals surface area (Å²) in [5.41, 5.74) is 6.71. The van der Waals surface area contributed by atoms with Crippen molar-refractivity contribution in [2.75, 3.05) is 0 Å².